The molecular formula is C10H7NO5. The lowest BCUT2D eigenvalue weighted by atomic mass is 10.2. The highest BCUT2D eigenvalue weighted by Crippen LogP contribution is 2.14. The molecule has 0 atom stereocenters. The fraction of sp³-hybridized carbons (Fsp3) is 0. The first-order valence-corrected chi connectivity index (χ1v) is 4.35. The summed E-state index contributed by atoms with van der Waals surface area (Å²) < 4.78 is 4.93. The Morgan fingerprint density at radius 2 is 2.12 bits per heavy atom. The Labute approximate surface area is 89.0 Å². The third-order valence-electron chi connectivity index (χ3n) is 1.89. The quantitative estimate of drug-likeness (QED) is 0.593. The number of para-hydroxylation sites is 1. The minimum atomic E-state index is -1.53. The van der Waals surface area contributed by atoms with Crippen LogP contribution in [0.3, 0.4) is 0 Å². The van der Waals surface area contributed by atoms with Gasteiger partial charge in [0.25, 0.3) is 0 Å². The molecule has 0 radical (unpaired) electrons. The molecule has 0 saturated heterocycles. The van der Waals surface area contributed by atoms with Gasteiger partial charge in [0.05, 0.1) is 0 Å². The van der Waals surface area contributed by atoms with Crippen molar-refractivity contribution < 1.29 is 19.2 Å². The lowest BCUT2D eigenvalue weighted by Crippen LogP contribution is -2.14. The number of hydrogen-bond donors (Lipinski definition) is 2. The number of rotatable bonds is 2. The molecule has 0 aliphatic rings. The maximum Gasteiger partial charge on any atom is 0.530 e. The Morgan fingerprint density at radius 1 is 1.38 bits per heavy atom. The van der Waals surface area contributed by atoms with E-state index < -0.39 is 11.8 Å². The van der Waals surface area contributed by atoms with Gasteiger partial charge >= 0.3 is 11.8 Å². The van der Waals surface area contributed by atoms with E-state index in [0.717, 1.165) is 0 Å². The topological polar surface area (TPSA) is 88.8 Å². The highest BCUT2D eigenvalue weighted by atomic mass is 16.8. The van der Waals surface area contributed by atoms with Gasteiger partial charge in [-0.3, -0.25) is 0 Å². The first kappa shape index (κ1) is 10.0. The number of fused-ring (bicyclic) bond motifs is 1. The lowest BCUT2D eigenvalue weighted by Gasteiger charge is -2.02. The van der Waals surface area contributed by atoms with Crippen molar-refractivity contribution in [1.82, 2.24) is 0 Å². The second-order valence-electron chi connectivity index (χ2n) is 2.96. The highest BCUT2D eigenvalue weighted by Gasteiger charge is 2.06. The molecule has 2 rings (SSSR count). The van der Waals surface area contributed by atoms with Crippen LogP contribution in [0.15, 0.2) is 39.5 Å². The van der Waals surface area contributed by atoms with Crippen LogP contribution in [0, 0.1) is 0 Å². The van der Waals surface area contributed by atoms with Gasteiger partial charge in [0, 0.05) is 5.39 Å². The molecule has 82 valence electrons. The summed E-state index contributed by atoms with van der Waals surface area (Å²) in [5.41, 5.74) is 1.66. The first-order valence-electron chi connectivity index (χ1n) is 4.35. The van der Waals surface area contributed by atoms with Gasteiger partial charge in [0.2, 0.25) is 0 Å². The number of benzene rings is 1. The van der Waals surface area contributed by atoms with Crippen molar-refractivity contribution in [3.05, 3.63) is 40.8 Å². The predicted molar refractivity (Wildman–Crippen MR) is 55.2 cm³/mol. The number of hydrogen-bond acceptors (Lipinski definition) is 5. The van der Waals surface area contributed by atoms with E-state index in [4.69, 9.17) is 9.52 Å². The molecule has 2 N–H and O–H groups in total. The normalized spacial score (nSPS) is 10.0. The fourth-order valence-electron chi connectivity index (χ4n) is 1.23. The van der Waals surface area contributed by atoms with Gasteiger partial charge in [-0.15, -0.1) is 0 Å². The number of nitrogens with one attached hydrogen (secondary N) is 1. The van der Waals surface area contributed by atoms with Gasteiger partial charge in [-0.1, -0.05) is 18.2 Å². The van der Waals surface area contributed by atoms with Crippen molar-refractivity contribution in [3.8, 4) is 0 Å². The molecule has 2 aromatic rings. The van der Waals surface area contributed by atoms with Gasteiger partial charge in [-0.2, -0.15) is 0 Å². The molecule has 0 unspecified atom stereocenters. The third kappa shape index (κ3) is 1.95. The van der Waals surface area contributed by atoms with E-state index >= 15 is 0 Å². The van der Waals surface area contributed by atoms with Gasteiger partial charge in [0.15, 0.2) is 5.69 Å². The summed E-state index contributed by atoms with van der Waals surface area (Å²) in [4.78, 5) is 25.5. The van der Waals surface area contributed by atoms with Crippen LogP contribution in [-0.2, 0) is 4.84 Å². The summed E-state index contributed by atoms with van der Waals surface area (Å²) in [6.07, 6.45) is -1.53. The summed E-state index contributed by atoms with van der Waals surface area (Å²) in [6.45, 7) is 0. The second kappa shape index (κ2) is 3.93. The first-order chi connectivity index (χ1) is 7.66. The Hall–Kier alpha value is -2.50. The molecule has 6 nitrogen and oxygen atoms in total. The van der Waals surface area contributed by atoms with Crippen molar-refractivity contribution in [2.45, 2.75) is 0 Å². The van der Waals surface area contributed by atoms with E-state index in [-0.39, 0.29) is 5.69 Å². The summed E-state index contributed by atoms with van der Waals surface area (Å²) in [7, 11) is 0. The zero-order valence-corrected chi connectivity index (χ0v) is 7.97. The highest BCUT2D eigenvalue weighted by molar-refractivity contribution is 5.79. The van der Waals surface area contributed by atoms with Crippen molar-refractivity contribution in [2.75, 3.05) is 5.48 Å². The number of carbonyl (C=O) groups is 1. The van der Waals surface area contributed by atoms with E-state index in [0.29, 0.717) is 11.0 Å². The SMILES string of the molecule is O=C(O)ONc1cc2ccccc2oc1=O. The van der Waals surface area contributed by atoms with Gasteiger partial charge in [-0.05, 0) is 12.1 Å². The maximum absolute atomic E-state index is 11.3. The van der Waals surface area contributed by atoms with Crippen molar-refractivity contribution >= 4 is 22.8 Å². The molecule has 0 spiro atoms. The Morgan fingerprint density at radius 3 is 2.88 bits per heavy atom. The van der Waals surface area contributed by atoms with Crippen LogP contribution in [0.4, 0.5) is 10.5 Å². The van der Waals surface area contributed by atoms with Gasteiger partial charge in [0.1, 0.15) is 5.58 Å². The molecule has 6 heteroatoms. The second-order valence-corrected chi connectivity index (χ2v) is 2.96. The lowest BCUT2D eigenvalue weighted by molar-refractivity contribution is 0.112. The average Bonchev–Trinajstić information content (AvgIpc) is 2.26. The van der Waals surface area contributed by atoms with Crippen molar-refractivity contribution in [1.29, 1.82) is 0 Å². The molecule has 16 heavy (non-hydrogen) atoms. The van der Waals surface area contributed by atoms with E-state index in [1.54, 1.807) is 24.3 Å². The molecule has 0 aliphatic carbocycles. The molecule has 1 aromatic heterocycles. The molecule has 0 fully saturated rings. The molecule has 0 aliphatic heterocycles. The zero-order valence-electron chi connectivity index (χ0n) is 7.97. The smallest absolute Gasteiger partial charge is 0.448 e. The molecule has 0 saturated carbocycles. The minimum absolute atomic E-state index is 0.0684. The summed E-state index contributed by atoms with van der Waals surface area (Å²) in [6, 6.07) is 8.31. The van der Waals surface area contributed by atoms with Crippen LogP contribution < -0.4 is 11.1 Å². The summed E-state index contributed by atoms with van der Waals surface area (Å²) in [5, 5.41) is 8.93. The van der Waals surface area contributed by atoms with Crippen LogP contribution in [0.1, 0.15) is 0 Å². The van der Waals surface area contributed by atoms with Crippen molar-refractivity contribution in [3.63, 3.8) is 0 Å². The zero-order chi connectivity index (χ0) is 11.5. The van der Waals surface area contributed by atoms with Crippen LogP contribution in [0.5, 0.6) is 0 Å². The Bertz CT molecular complexity index is 589. The van der Waals surface area contributed by atoms with Crippen molar-refractivity contribution in [2.24, 2.45) is 0 Å². The van der Waals surface area contributed by atoms with E-state index in [1.807, 2.05) is 5.48 Å². The number of anilines is 1. The predicted octanol–water partition coefficient (Wildman–Crippen LogP) is 1.81. The van der Waals surface area contributed by atoms with E-state index in [1.165, 1.54) is 6.07 Å². The third-order valence-corrected chi connectivity index (χ3v) is 1.89. The summed E-state index contributed by atoms with van der Waals surface area (Å²) >= 11 is 0. The van der Waals surface area contributed by atoms with Gasteiger partial charge in [-0.25, -0.2) is 15.1 Å². The fourth-order valence-corrected chi connectivity index (χ4v) is 1.23. The standard InChI is InChI=1S/C10H7NO5/c12-9-7(11-16-10(13)14)5-6-3-1-2-4-8(6)15-9/h1-5,11H,(H,13,14). The van der Waals surface area contributed by atoms with Gasteiger partial charge < -0.3 is 14.4 Å². The maximum atomic E-state index is 11.3. The molecule has 1 heterocycles. The molecule has 0 amide bonds. The van der Waals surface area contributed by atoms with Crippen LogP contribution in [-0.4, -0.2) is 11.3 Å². The molecular weight excluding hydrogens is 214 g/mol. The van der Waals surface area contributed by atoms with Crippen LogP contribution in [0.25, 0.3) is 11.0 Å². The molecule has 1 aromatic carbocycles. The van der Waals surface area contributed by atoms with E-state index in [9.17, 15) is 9.59 Å². The van der Waals surface area contributed by atoms with Crippen LogP contribution >= 0.6 is 0 Å². The molecule has 0 bridgehead atoms. The summed E-state index contributed by atoms with van der Waals surface area (Å²) in [5.74, 6) is 0. The average molecular weight is 221 g/mol. The number of carboxylic acid groups (broad SMARTS) is 1. The Balaban J connectivity index is 2.42. The Kier molecular flexibility index (Phi) is 2.47. The monoisotopic (exact) mass is 221 g/mol. The largest absolute Gasteiger partial charge is 0.530 e. The van der Waals surface area contributed by atoms with Crippen LogP contribution in [0.2, 0.25) is 0 Å². The minimum Gasteiger partial charge on any atom is -0.448 e. The van der Waals surface area contributed by atoms with E-state index in [2.05, 4.69) is 4.84 Å².